The van der Waals surface area contributed by atoms with E-state index in [-0.39, 0.29) is 5.78 Å². The Morgan fingerprint density at radius 3 is 2.64 bits per heavy atom. The van der Waals surface area contributed by atoms with E-state index in [2.05, 4.69) is 4.98 Å². The van der Waals surface area contributed by atoms with Gasteiger partial charge in [-0.15, -0.1) is 0 Å². The van der Waals surface area contributed by atoms with Gasteiger partial charge in [0.1, 0.15) is 5.78 Å². The Morgan fingerprint density at radius 1 is 1.29 bits per heavy atom. The van der Waals surface area contributed by atoms with Gasteiger partial charge in [0.25, 0.3) is 0 Å². The van der Waals surface area contributed by atoms with Crippen LogP contribution in [0.25, 0.3) is 0 Å². The summed E-state index contributed by atoms with van der Waals surface area (Å²) in [7, 11) is 0. The average Bonchev–Trinajstić information content (AvgIpc) is 2.20. The van der Waals surface area contributed by atoms with Crippen LogP contribution in [-0.4, -0.2) is 17.3 Å². The van der Waals surface area contributed by atoms with Crippen LogP contribution in [0.15, 0.2) is 24.5 Å². The zero-order valence-electron chi connectivity index (χ0n) is 8.28. The fraction of sp³-hybridized carbons (Fsp3) is 0.455. The van der Waals surface area contributed by atoms with Crippen LogP contribution in [0.4, 0.5) is 0 Å². The van der Waals surface area contributed by atoms with Gasteiger partial charge >= 0.3 is 0 Å². The average molecular weight is 192 g/mol. The monoisotopic (exact) mass is 192 g/mol. The Balaban J connectivity index is 2.27. The van der Waals surface area contributed by atoms with E-state index >= 15 is 0 Å². The summed E-state index contributed by atoms with van der Waals surface area (Å²) in [5.74, 6) is 0.282. The van der Waals surface area contributed by atoms with Crippen LogP contribution in [-0.2, 0) is 11.2 Å². The molecule has 0 spiro atoms. The molecule has 0 aliphatic heterocycles. The number of hydrogen-bond donors (Lipinski definition) is 1. The van der Waals surface area contributed by atoms with E-state index < -0.39 is 0 Å². The SMILES string of the molecule is NCCCCC(=O)Cc1ccncc1. The standard InChI is InChI=1S/C11H16N2O/c12-6-2-1-3-11(14)9-10-4-7-13-8-5-10/h4-5,7-8H,1-3,6,9,12H2. The van der Waals surface area contributed by atoms with E-state index in [9.17, 15) is 4.79 Å². The molecular weight excluding hydrogens is 176 g/mol. The van der Waals surface area contributed by atoms with Crippen molar-refractivity contribution in [2.45, 2.75) is 25.7 Å². The first kappa shape index (κ1) is 10.9. The lowest BCUT2D eigenvalue weighted by molar-refractivity contribution is -0.118. The molecule has 0 saturated carbocycles. The number of carbonyl (C=O) groups is 1. The predicted molar refractivity (Wildman–Crippen MR) is 55.9 cm³/mol. The molecule has 1 aromatic heterocycles. The van der Waals surface area contributed by atoms with Gasteiger partial charge in [-0.1, -0.05) is 0 Å². The number of Topliss-reactive ketones (excluding diaryl/α,β-unsaturated/α-hetero) is 1. The van der Waals surface area contributed by atoms with E-state index in [0.717, 1.165) is 18.4 Å². The highest BCUT2D eigenvalue weighted by molar-refractivity contribution is 5.80. The molecule has 0 atom stereocenters. The summed E-state index contributed by atoms with van der Waals surface area (Å²) < 4.78 is 0. The summed E-state index contributed by atoms with van der Waals surface area (Å²) in [4.78, 5) is 15.3. The van der Waals surface area contributed by atoms with Crippen LogP contribution < -0.4 is 5.73 Å². The number of nitrogens with two attached hydrogens (primary N) is 1. The molecule has 0 aromatic carbocycles. The Bertz CT molecular complexity index is 272. The second-order valence-electron chi connectivity index (χ2n) is 3.32. The third-order valence-electron chi connectivity index (χ3n) is 2.06. The van der Waals surface area contributed by atoms with Crippen LogP contribution in [0.5, 0.6) is 0 Å². The Hall–Kier alpha value is -1.22. The Labute approximate surface area is 84.3 Å². The molecule has 1 heterocycles. The van der Waals surface area contributed by atoms with Crippen molar-refractivity contribution in [3.8, 4) is 0 Å². The summed E-state index contributed by atoms with van der Waals surface area (Å²) in [5, 5.41) is 0. The number of pyridine rings is 1. The third-order valence-corrected chi connectivity index (χ3v) is 2.06. The van der Waals surface area contributed by atoms with E-state index in [1.165, 1.54) is 0 Å². The van der Waals surface area contributed by atoms with Gasteiger partial charge in [-0.2, -0.15) is 0 Å². The molecule has 0 aliphatic carbocycles. The molecule has 3 nitrogen and oxygen atoms in total. The smallest absolute Gasteiger partial charge is 0.137 e. The fourth-order valence-corrected chi connectivity index (χ4v) is 1.28. The number of nitrogens with zero attached hydrogens (tertiary/aromatic N) is 1. The molecule has 0 aliphatic rings. The van der Waals surface area contributed by atoms with Crippen molar-refractivity contribution < 1.29 is 4.79 Å². The van der Waals surface area contributed by atoms with Crippen LogP contribution in [0, 0.1) is 0 Å². The minimum atomic E-state index is 0.282. The topological polar surface area (TPSA) is 56.0 Å². The predicted octanol–water partition coefficient (Wildman–Crippen LogP) is 1.32. The van der Waals surface area contributed by atoms with Gasteiger partial charge in [0.05, 0.1) is 0 Å². The van der Waals surface area contributed by atoms with Crippen molar-refractivity contribution in [2.24, 2.45) is 5.73 Å². The maximum absolute atomic E-state index is 11.4. The van der Waals surface area contributed by atoms with Crippen LogP contribution in [0.3, 0.4) is 0 Å². The molecular formula is C11H16N2O. The fourth-order valence-electron chi connectivity index (χ4n) is 1.28. The maximum atomic E-state index is 11.4. The first-order valence-electron chi connectivity index (χ1n) is 4.93. The van der Waals surface area contributed by atoms with Crippen molar-refractivity contribution in [3.63, 3.8) is 0 Å². The largest absolute Gasteiger partial charge is 0.330 e. The highest BCUT2D eigenvalue weighted by atomic mass is 16.1. The summed E-state index contributed by atoms with van der Waals surface area (Å²) in [5.41, 5.74) is 6.39. The van der Waals surface area contributed by atoms with Crippen molar-refractivity contribution in [1.82, 2.24) is 4.98 Å². The molecule has 3 heteroatoms. The van der Waals surface area contributed by atoms with E-state index in [1.807, 2.05) is 12.1 Å². The molecule has 76 valence electrons. The molecule has 0 radical (unpaired) electrons. The quantitative estimate of drug-likeness (QED) is 0.692. The van der Waals surface area contributed by atoms with Crippen molar-refractivity contribution in [2.75, 3.05) is 6.54 Å². The lowest BCUT2D eigenvalue weighted by Crippen LogP contribution is -2.04. The van der Waals surface area contributed by atoms with E-state index in [0.29, 0.717) is 19.4 Å². The minimum Gasteiger partial charge on any atom is -0.330 e. The number of ketones is 1. The summed E-state index contributed by atoms with van der Waals surface area (Å²) >= 11 is 0. The molecule has 0 bridgehead atoms. The number of rotatable bonds is 6. The third kappa shape index (κ3) is 4.14. The van der Waals surface area contributed by atoms with Gasteiger partial charge in [-0.25, -0.2) is 0 Å². The van der Waals surface area contributed by atoms with Gasteiger partial charge in [0.15, 0.2) is 0 Å². The highest BCUT2D eigenvalue weighted by Gasteiger charge is 2.02. The van der Waals surface area contributed by atoms with Gasteiger partial charge in [-0.05, 0) is 37.1 Å². The van der Waals surface area contributed by atoms with Crippen molar-refractivity contribution in [1.29, 1.82) is 0 Å². The van der Waals surface area contributed by atoms with E-state index in [4.69, 9.17) is 5.73 Å². The molecule has 14 heavy (non-hydrogen) atoms. The highest BCUT2D eigenvalue weighted by Crippen LogP contribution is 2.03. The maximum Gasteiger partial charge on any atom is 0.137 e. The first-order valence-corrected chi connectivity index (χ1v) is 4.93. The van der Waals surface area contributed by atoms with Gasteiger partial charge < -0.3 is 5.73 Å². The molecule has 1 rings (SSSR count). The second-order valence-corrected chi connectivity index (χ2v) is 3.32. The van der Waals surface area contributed by atoms with Gasteiger partial charge in [0, 0.05) is 25.2 Å². The number of hydrogen-bond acceptors (Lipinski definition) is 3. The summed E-state index contributed by atoms with van der Waals surface area (Å²) in [6.45, 7) is 0.669. The summed E-state index contributed by atoms with van der Waals surface area (Å²) in [6, 6.07) is 3.75. The van der Waals surface area contributed by atoms with Crippen LogP contribution in [0.1, 0.15) is 24.8 Å². The first-order chi connectivity index (χ1) is 6.83. The normalized spacial score (nSPS) is 10.1. The number of aromatic nitrogens is 1. The molecule has 0 unspecified atom stereocenters. The molecule has 0 amide bonds. The number of carbonyl (C=O) groups excluding carboxylic acids is 1. The van der Waals surface area contributed by atoms with Crippen molar-refractivity contribution >= 4 is 5.78 Å². The second kappa shape index (κ2) is 6.27. The zero-order valence-corrected chi connectivity index (χ0v) is 8.28. The number of unbranched alkanes of at least 4 members (excludes halogenated alkanes) is 1. The minimum absolute atomic E-state index is 0.282. The molecule has 1 aromatic rings. The lowest BCUT2D eigenvalue weighted by Gasteiger charge is -2.00. The van der Waals surface area contributed by atoms with Crippen LogP contribution in [0.2, 0.25) is 0 Å². The summed E-state index contributed by atoms with van der Waals surface area (Å²) in [6.07, 6.45) is 6.42. The van der Waals surface area contributed by atoms with Gasteiger partial charge in [0.2, 0.25) is 0 Å². The van der Waals surface area contributed by atoms with Gasteiger partial charge in [-0.3, -0.25) is 9.78 Å². The Morgan fingerprint density at radius 2 is 2.00 bits per heavy atom. The molecule has 0 fully saturated rings. The van der Waals surface area contributed by atoms with Crippen LogP contribution >= 0.6 is 0 Å². The zero-order chi connectivity index (χ0) is 10.2. The molecule has 0 saturated heterocycles. The molecule has 2 N–H and O–H groups in total. The van der Waals surface area contributed by atoms with E-state index in [1.54, 1.807) is 12.4 Å². The van der Waals surface area contributed by atoms with Crippen molar-refractivity contribution in [3.05, 3.63) is 30.1 Å². The Kier molecular flexibility index (Phi) is 4.86. The lowest BCUT2D eigenvalue weighted by atomic mass is 10.1.